The lowest BCUT2D eigenvalue weighted by Gasteiger charge is -2.13. The monoisotopic (exact) mass is 223 g/mol. The molecule has 0 aliphatic carbocycles. The van der Waals surface area contributed by atoms with Gasteiger partial charge in [-0.25, -0.2) is 0 Å². The van der Waals surface area contributed by atoms with Gasteiger partial charge in [0.1, 0.15) is 0 Å². The topological polar surface area (TPSA) is 12.0 Å². The maximum atomic E-state index is 4.08. The first-order valence-corrected chi connectivity index (χ1v) is 6.52. The molecule has 0 fully saturated rings. The lowest BCUT2D eigenvalue weighted by Crippen LogP contribution is -2.14. The summed E-state index contributed by atoms with van der Waals surface area (Å²) in [6.07, 6.45) is 4.62. The number of nitrogens with one attached hydrogen (secondary N) is 1. The summed E-state index contributed by atoms with van der Waals surface area (Å²) >= 11 is 0. The van der Waals surface area contributed by atoms with Crippen LogP contribution in [0.25, 0.3) is 0 Å². The Labute approximate surface area is 102 Å². The van der Waals surface area contributed by atoms with E-state index in [1.165, 1.54) is 18.4 Å². The van der Waals surface area contributed by atoms with Crippen molar-refractivity contribution in [2.24, 2.45) is 11.8 Å². The average Bonchev–Trinajstić information content (AvgIpc) is 2.20. The van der Waals surface area contributed by atoms with Crippen molar-refractivity contribution in [1.82, 2.24) is 5.32 Å². The van der Waals surface area contributed by atoms with Gasteiger partial charge in [0.25, 0.3) is 0 Å². The van der Waals surface area contributed by atoms with Crippen molar-refractivity contribution in [2.75, 3.05) is 6.54 Å². The molecule has 0 saturated heterocycles. The minimum atomic E-state index is 0.591. The van der Waals surface area contributed by atoms with Crippen LogP contribution < -0.4 is 5.32 Å². The quantitative estimate of drug-likeness (QED) is 0.448. The van der Waals surface area contributed by atoms with Crippen molar-refractivity contribution in [1.29, 1.82) is 0 Å². The van der Waals surface area contributed by atoms with E-state index in [1.807, 2.05) is 0 Å². The van der Waals surface area contributed by atoms with E-state index in [-0.39, 0.29) is 0 Å². The molecule has 0 saturated carbocycles. The molecule has 0 aromatic carbocycles. The van der Waals surface area contributed by atoms with Crippen molar-refractivity contribution in [3.8, 4) is 0 Å². The molecule has 16 heavy (non-hydrogen) atoms. The van der Waals surface area contributed by atoms with Crippen LogP contribution in [0.15, 0.2) is 24.4 Å². The molecule has 0 aromatic rings. The fourth-order valence-electron chi connectivity index (χ4n) is 1.46. The van der Waals surface area contributed by atoms with Gasteiger partial charge in [-0.3, -0.25) is 0 Å². The highest BCUT2D eigenvalue weighted by molar-refractivity contribution is 5.02. The predicted molar refractivity (Wildman–Crippen MR) is 74.4 cm³/mol. The van der Waals surface area contributed by atoms with Crippen LogP contribution in [-0.2, 0) is 0 Å². The van der Waals surface area contributed by atoms with E-state index in [4.69, 9.17) is 0 Å². The fourth-order valence-corrected chi connectivity index (χ4v) is 1.46. The highest BCUT2D eigenvalue weighted by Crippen LogP contribution is 2.15. The van der Waals surface area contributed by atoms with Crippen LogP contribution in [-0.4, -0.2) is 6.54 Å². The highest BCUT2D eigenvalue weighted by atomic mass is 14.9. The van der Waals surface area contributed by atoms with Gasteiger partial charge in [0, 0.05) is 12.2 Å². The molecule has 1 nitrogen and oxygen atoms in total. The number of allylic oxidation sites excluding steroid dienone is 2. The first kappa shape index (κ1) is 15.3. The van der Waals surface area contributed by atoms with Crippen LogP contribution in [0.5, 0.6) is 0 Å². The third kappa shape index (κ3) is 8.58. The molecule has 0 spiro atoms. The van der Waals surface area contributed by atoms with Crippen molar-refractivity contribution < 1.29 is 0 Å². The molecule has 0 atom stereocenters. The van der Waals surface area contributed by atoms with Gasteiger partial charge in [-0.2, -0.15) is 0 Å². The Balaban J connectivity index is 3.49. The van der Waals surface area contributed by atoms with Crippen LogP contribution in [0.4, 0.5) is 0 Å². The molecule has 0 radical (unpaired) electrons. The van der Waals surface area contributed by atoms with E-state index in [2.05, 4.69) is 46.2 Å². The molecule has 0 unspecified atom stereocenters. The largest absolute Gasteiger partial charge is 0.389 e. The lowest BCUT2D eigenvalue weighted by molar-refractivity contribution is 0.539. The zero-order chi connectivity index (χ0) is 12.6. The van der Waals surface area contributed by atoms with Gasteiger partial charge in [-0.1, -0.05) is 46.4 Å². The van der Waals surface area contributed by atoms with Gasteiger partial charge in [0.2, 0.25) is 0 Å². The zero-order valence-corrected chi connectivity index (χ0v) is 11.6. The summed E-state index contributed by atoms with van der Waals surface area (Å²) in [6, 6.07) is 0. The molecule has 1 N–H and O–H groups in total. The Morgan fingerprint density at radius 2 is 1.69 bits per heavy atom. The zero-order valence-electron chi connectivity index (χ0n) is 11.6. The van der Waals surface area contributed by atoms with E-state index in [0.717, 1.165) is 31.0 Å². The third-order valence-electron chi connectivity index (χ3n) is 2.90. The van der Waals surface area contributed by atoms with Crippen LogP contribution >= 0.6 is 0 Å². The van der Waals surface area contributed by atoms with Gasteiger partial charge < -0.3 is 5.32 Å². The van der Waals surface area contributed by atoms with Gasteiger partial charge in [0.05, 0.1) is 0 Å². The number of hydrogen-bond donors (Lipinski definition) is 1. The highest BCUT2D eigenvalue weighted by Gasteiger charge is 2.01. The summed E-state index contributed by atoms with van der Waals surface area (Å²) < 4.78 is 0. The first-order valence-electron chi connectivity index (χ1n) is 6.52. The van der Waals surface area contributed by atoms with Crippen molar-refractivity contribution >= 4 is 0 Å². The van der Waals surface area contributed by atoms with Gasteiger partial charge >= 0.3 is 0 Å². The molecule has 0 heterocycles. The molecule has 0 aromatic heterocycles. The van der Waals surface area contributed by atoms with Crippen LogP contribution in [0.1, 0.15) is 53.4 Å². The summed E-state index contributed by atoms with van der Waals surface area (Å²) in [4.78, 5) is 0. The molecule has 0 aliphatic heterocycles. The average molecular weight is 223 g/mol. The van der Waals surface area contributed by atoms with Gasteiger partial charge in [-0.05, 0) is 37.5 Å². The smallest absolute Gasteiger partial charge is 0.0143 e. The van der Waals surface area contributed by atoms with Crippen LogP contribution in [0, 0.1) is 11.8 Å². The van der Waals surface area contributed by atoms with Crippen LogP contribution in [0.2, 0.25) is 0 Å². The number of hydrogen-bond acceptors (Lipinski definition) is 1. The van der Waals surface area contributed by atoms with Crippen molar-refractivity contribution in [3.63, 3.8) is 0 Å². The Bertz CT molecular complexity index is 213. The van der Waals surface area contributed by atoms with Crippen molar-refractivity contribution in [3.05, 3.63) is 24.4 Å². The minimum absolute atomic E-state index is 0.591. The second-order valence-corrected chi connectivity index (χ2v) is 5.38. The Kier molecular flexibility index (Phi) is 8.05. The van der Waals surface area contributed by atoms with Gasteiger partial charge in [-0.15, -0.1) is 0 Å². The third-order valence-corrected chi connectivity index (χ3v) is 2.90. The van der Waals surface area contributed by atoms with E-state index < -0.39 is 0 Å². The standard InChI is InChI=1S/C15H29N/c1-12(2)8-7-11-16-15(6)10-9-14(5)13(3)4/h12-13,16H,5-11H2,1-4H3. The Morgan fingerprint density at radius 3 is 2.19 bits per heavy atom. The molecular formula is C15H29N. The predicted octanol–water partition coefficient (Wildman–Crippen LogP) is 4.52. The summed E-state index contributed by atoms with van der Waals surface area (Å²) in [5.41, 5.74) is 2.48. The maximum Gasteiger partial charge on any atom is 0.0143 e. The van der Waals surface area contributed by atoms with E-state index >= 15 is 0 Å². The van der Waals surface area contributed by atoms with E-state index in [9.17, 15) is 0 Å². The fraction of sp³-hybridized carbons (Fsp3) is 0.733. The summed E-state index contributed by atoms with van der Waals surface area (Å²) in [6.45, 7) is 18.1. The van der Waals surface area contributed by atoms with Crippen molar-refractivity contribution in [2.45, 2.75) is 53.4 Å². The molecule has 0 bridgehead atoms. The SMILES string of the molecule is C=C(CCC(=C)C(C)C)NCCCC(C)C. The molecule has 0 aliphatic rings. The maximum absolute atomic E-state index is 4.08. The molecular weight excluding hydrogens is 194 g/mol. The molecule has 0 amide bonds. The molecule has 94 valence electrons. The van der Waals surface area contributed by atoms with Crippen LogP contribution in [0.3, 0.4) is 0 Å². The van der Waals surface area contributed by atoms with Gasteiger partial charge in [0.15, 0.2) is 0 Å². The molecule has 0 rings (SSSR count). The first-order chi connectivity index (χ1) is 7.43. The summed E-state index contributed by atoms with van der Waals surface area (Å²) in [5.74, 6) is 1.39. The number of rotatable bonds is 9. The summed E-state index contributed by atoms with van der Waals surface area (Å²) in [7, 11) is 0. The Morgan fingerprint density at radius 1 is 1.06 bits per heavy atom. The lowest BCUT2D eigenvalue weighted by atomic mass is 10.00. The second kappa shape index (κ2) is 8.43. The second-order valence-electron chi connectivity index (χ2n) is 5.38. The Hall–Kier alpha value is -0.720. The normalized spacial score (nSPS) is 10.9. The van der Waals surface area contributed by atoms with E-state index in [0.29, 0.717) is 5.92 Å². The summed E-state index contributed by atoms with van der Waals surface area (Å²) in [5, 5.41) is 3.40. The minimum Gasteiger partial charge on any atom is -0.389 e. The molecule has 1 heteroatoms. The van der Waals surface area contributed by atoms with E-state index in [1.54, 1.807) is 0 Å².